The fourth-order valence-electron chi connectivity index (χ4n) is 7.68. The first-order valence-corrected chi connectivity index (χ1v) is 32.3. The number of nitriles is 2. The standard InChI is InChI=1S/C26H32N2O8S2.C13H18NO6.C13H13NO2S2.C12H22N2O4/c1-25(17-27,11-10-21(30)31)26(2,18-38-22(37)19-7-4-3-5-8-19)23(32)34-15-16-36-24(33)35-14-13-28-12-6-9-20(28)29;1-10(2)12(16)18-8-9-20-13(17)19-7-6-14-5-3-4-11(14)15;1-13(9-14,8-7-11(15)16)18-12(17)10-5-3-2-4-6-10;1-11(2,6-5-10(16)17)13-14-12(3,4)7-8-18-9-15/h3-5,7-8H,6,9-16,18H2,1-2H3,(H,30,31);4H,1,3,5-9H2,2H3;2-6H,7-8H2,1H3,(H,15,16);9H,5-8H2,1-4H3,(H,16,17)/q;+1;;. The van der Waals surface area contributed by atoms with Gasteiger partial charge < -0.3 is 53.4 Å². The monoisotopic (exact) mass is 1390 g/mol. The van der Waals surface area contributed by atoms with Crippen LogP contribution in [0.1, 0.15) is 131 Å². The molecule has 514 valence electrons. The molecule has 0 bridgehead atoms. The minimum Gasteiger partial charge on any atom is -0.481 e. The number of thiocarbonyl (C=S) groups is 2. The van der Waals surface area contributed by atoms with Gasteiger partial charge >= 0.3 is 48.1 Å². The normalized spacial score (nSPS) is 14.4. The second kappa shape index (κ2) is 43.7. The quantitative estimate of drug-likeness (QED) is 0.00843. The Kier molecular flexibility index (Phi) is 38.9. The zero-order valence-electron chi connectivity index (χ0n) is 54.3. The predicted molar refractivity (Wildman–Crippen MR) is 355 cm³/mol. The molecule has 0 aromatic heterocycles. The number of hydrogen-bond donors (Lipinski definition) is 3. The Bertz CT molecular complexity index is 3000. The van der Waals surface area contributed by atoms with Gasteiger partial charge in [-0.05, 0) is 92.2 Å². The highest BCUT2D eigenvalue weighted by Gasteiger charge is 2.52. The van der Waals surface area contributed by atoms with E-state index in [2.05, 4.69) is 38.4 Å². The molecule has 0 spiro atoms. The van der Waals surface area contributed by atoms with E-state index < -0.39 is 68.8 Å². The van der Waals surface area contributed by atoms with Crippen molar-refractivity contribution < 1.29 is 96.4 Å². The van der Waals surface area contributed by atoms with Gasteiger partial charge in [0.2, 0.25) is 5.91 Å². The fourth-order valence-corrected chi connectivity index (χ4v) is 10.8. The molecule has 2 aromatic carbocycles. The largest absolute Gasteiger partial charge is 0.508 e. The summed E-state index contributed by atoms with van der Waals surface area (Å²) in [5.41, 5.74) is -1.79. The number of carbonyl (C=O) groups is 10. The van der Waals surface area contributed by atoms with E-state index in [4.69, 9.17) is 58.3 Å². The van der Waals surface area contributed by atoms with Crippen molar-refractivity contribution in [3.8, 4) is 12.1 Å². The molecule has 26 nitrogen and oxygen atoms in total. The molecule has 94 heavy (non-hydrogen) atoms. The van der Waals surface area contributed by atoms with Crippen molar-refractivity contribution in [2.75, 3.05) is 78.2 Å². The first-order chi connectivity index (χ1) is 44.2. The summed E-state index contributed by atoms with van der Waals surface area (Å²) in [6.07, 6.45) is 2.71. The highest BCUT2D eigenvalue weighted by atomic mass is 32.2. The second-order valence-electron chi connectivity index (χ2n) is 22.8. The Morgan fingerprint density at radius 2 is 1.13 bits per heavy atom. The topological polar surface area (TPSA) is 375 Å². The minimum atomic E-state index is -1.43. The predicted octanol–water partition coefficient (Wildman–Crippen LogP) is 10.2. The molecule has 3 N–H and O–H groups in total. The minimum absolute atomic E-state index is 0.00885. The third-order valence-corrected chi connectivity index (χ3v) is 17.3. The van der Waals surface area contributed by atoms with Crippen molar-refractivity contribution in [3.63, 3.8) is 0 Å². The van der Waals surface area contributed by atoms with Gasteiger partial charge in [-0.15, -0.1) is 11.8 Å². The first-order valence-electron chi connectivity index (χ1n) is 29.6. The average molecular weight is 1390 g/mol. The van der Waals surface area contributed by atoms with E-state index >= 15 is 0 Å². The lowest BCUT2D eigenvalue weighted by Crippen LogP contribution is -2.47. The lowest BCUT2D eigenvalue weighted by atomic mass is 9.65. The first kappa shape index (κ1) is 83.8. The molecule has 3 atom stereocenters. The van der Waals surface area contributed by atoms with Crippen LogP contribution >= 0.6 is 48.0 Å². The van der Waals surface area contributed by atoms with Crippen molar-refractivity contribution in [2.45, 2.75) is 135 Å². The van der Waals surface area contributed by atoms with Crippen LogP contribution in [0.2, 0.25) is 0 Å². The summed E-state index contributed by atoms with van der Waals surface area (Å²) in [4.78, 5) is 116. The maximum Gasteiger partial charge on any atom is 0.508 e. The van der Waals surface area contributed by atoms with Crippen LogP contribution in [0.15, 0.2) is 83.0 Å². The van der Waals surface area contributed by atoms with Crippen LogP contribution in [-0.2, 0) is 71.5 Å². The number of thioether (sulfide) groups is 2. The molecule has 0 radical (unpaired) electrons. The number of aliphatic carboxylic acids is 3. The summed E-state index contributed by atoms with van der Waals surface area (Å²) < 4.78 is 34.4. The second-order valence-corrected chi connectivity index (χ2v) is 26.6. The van der Waals surface area contributed by atoms with E-state index in [-0.39, 0.29) is 101 Å². The summed E-state index contributed by atoms with van der Waals surface area (Å²) in [6.45, 7) is 19.2. The molecule has 2 saturated heterocycles. The Labute approximate surface area is 567 Å². The van der Waals surface area contributed by atoms with Crippen LogP contribution in [0.4, 0.5) is 9.59 Å². The molecule has 2 aliphatic heterocycles. The fraction of sp³-hybridized carbons (Fsp3) is 0.547. The highest BCUT2D eigenvalue weighted by Crippen LogP contribution is 2.46. The van der Waals surface area contributed by atoms with Gasteiger partial charge in [-0.1, -0.05) is 103 Å². The lowest BCUT2D eigenvalue weighted by molar-refractivity contribution is -0.161. The van der Waals surface area contributed by atoms with E-state index in [1.807, 2.05) is 88.4 Å². The molecule has 2 heterocycles. The van der Waals surface area contributed by atoms with Gasteiger partial charge in [0.05, 0.1) is 68.7 Å². The third kappa shape index (κ3) is 34.6. The number of likely N-dealkylation sites (tertiary alicyclic amines) is 2. The van der Waals surface area contributed by atoms with Crippen molar-refractivity contribution in [3.05, 3.63) is 90.4 Å². The Morgan fingerprint density at radius 3 is 1.60 bits per heavy atom. The van der Waals surface area contributed by atoms with Crippen LogP contribution in [0.3, 0.4) is 0 Å². The van der Waals surface area contributed by atoms with E-state index in [0.717, 1.165) is 24.0 Å². The molecule has 2 aliphatic rings. The van der Waals surface area contributed by atoms with Crippen LogP contribution in [0, 0.1) is 39.9 Å². The van der Waals surface area contributed by atoms with Crippen molar-refractivity contribution in [2.24, 2.45) is 21.1 Å². The van der Waals surface area contributed by atoms with E-state index in [9.17, 15) is 63.6 Å². The number of azo groups is 1. The van der Waals surface area contributed by atoms with Crippen LogP contribution in [0.5, 0.6) is 0 Å². The Balaban J connectivity index is 0.000000671. The maximum atomic E-state index is 13.3. The van der Waals surface area contributed by atoms with Gasteiger partial charge in [-0.25, -0.2) is 19.2 Å². The number of ether oxygens (including phenoxy) is 7. The molecule has 2 amide bonds. The number of carboxylic acids is 3. The average Bonchev–Trinajstić information content (AvgIpc) is 0.899. The molecule has 4 rings (SSSR count). The molecule has 0 aliphatic carbocycles. The summed E-state index contributed by atoms with van der Waals surface area (Å²) in [5.74, 6) is -4.05. The van der Waals surface area contributed by atoms with Gasteiger partial charge in [-0.3, -0.25) is 33.7 Å². The summed E-state index contributed by atoms with van der Waals surface area (Å²) >= 11 is 13.2. The highest BCUT2D eigenvalue weighted by molar-refractivity contribution is 8.24. The van der Waals surface area contributed by atoms with Crippen LogP contribution in [0.25, 0.3) is 0 Å². The van der Waals surface area contributed by atoms with Crippen LogP contribution < -0.4 is 0 Å². The van der Waals surface area contributed by atoms with Crippen molar-refractivity contribution >= 4 is 117 Å². The summed E-state index contributed by atoms with van der Waals surface area (Å²) in [5, 5.41) is 54.0. The number of nitrogens with zero attached hydrogens (tertiary/aromatic N) is 6. The van der Waals surface area contributed by atoms with Crippen molar-refractivity contribution in [1.82, 2.24) is 9.80 Å². The summed E-state index contributed by atoms with van der Waals surface area (Å²) in [7, 11) is 0. The summed E-state index contributed by atoms with van der Waals surface area (Å²) in [6, 6.07) is 22.9. The molecular formula is C64H85N6O20S4+. The van der Waals surface area contributed by atoms with Gasteiger partial charge in [0.25, 0.3) is 6.47 Å². The number of hydrogen-bond acceptors (Lipinski definition) is 25. The zero-order chi connectivity index (χ0) is 71.0. The van der Waals surface area contributed by atoms with Gasteiger partial charge in [-0.2, -0.15) is 20.8 Å². The van der Waals surface area contributed by atoms with E-state index in [1.54, 1.807) is 30.1 Å². The number of rotatable bonds is 35. The molecule has 3 unspecified atom stereocenters. The lowest BCUT2D eigenvalue weighted by Gasteiger charge is -2.39. The number of esters is 2. The van der Waals surface area contributed by atoms with E-state index in [1.165, 1.54) is 37.4 Å². The number of carboxylic acid groups (broad SMARTS) is 3. The zero-order valence-corrected chi connectivity index (χ0v) is 57.6. The Morgan fingerprint density at radius 1 is 0.649 bits per heavy atom. The number of carbonyl (C=O) groups excluding carboxylic acids is 7. The number of benzene rings is 2. The molecule has 2 aromatic rings. The smallest absolute Gasteiger partial charge is 0.481 e. The molecule has 2 fully saturated rings. The van der Waals surface area contributed by atoms with Gasteiger partial charge in [0, 0.05) is 50.0 Å². The van der Waals surface area contributed by atoms with Gasteiger partial charge in [0.1, 0.15) is 50.8 Å². The molecular weight excluding hydrogens is 1300 g/mol. The number of amides is 2. The van der Waals surface area contributed by atoms with E-state index in [0.29, 0.717) is 60.4 Å². The Hall–Kier alpha value is -8.19. The molecule has 0 saturated carbocycles. The maximum absolute atomic E-state index is 13.3. The van der Waals surface area contributed by atoms with Crippen molar-refractivity contribution in [1.29, 1.82) is 10.5 Å². The van der Waals surface area contributed by atoms with Gasteiger partial charge in [0.15, 0.2) is 6.42 Å². The SMILES string of the molecule is C=C(C)C(=O)OCCOC(=O)OCCN1CC[CH+]C1=O.CC(C#N)(CCC(=O)O)C(C)(CSC(=S)c1ccccc1)C(=O)OCCOC(=O)OCCN1CCCC1=O.CC(C#N)(CCC(=O)O)SC(=S)c1ccccc1.CC(C)(CCOC=O)N=NC(C)(C)CCC(=O)O. The molecule has 30 heteroatoms. The third-order valence-electron chi connectivity index (χ3n) is 13.9. The van der Waals surface area contributed by atoms with Crippen LogP contribution in [-0.4, -0.2) is 188 Å².